The van der Waals surface area contributed by atoms with Gasteiger partial charge in [-0.05, 0) is 61.6 Å². The highest BCUT2D eigenvalue weighted by molar-refractivity contribution is 6.30. The molecular weight excluding hydrogens is 426 g/mol. The first-order valence-electron chi connectivity index (χ1n) is 11.3. The molecule has 0 radical (unpaired) electrons. The molecular formula is C25H30ClN3O3. The Bertz CT molecular complexity index is 988. The first kappa shape index (κ1) is 22.5. The van der Waals surface area contributed by atoms with Crippen LogP contribution in [0.25, 0.3) is 0 Å². The van der Waals surface area contributed by atoms with Crippen LogP contribution in [0.5, 0.6) is 5.75 Å². The number of ether oxygens (including phenoxy) is 1. The molecule has 6 nitrogen and oxygen atoms in total. The monoisotopic (exact) mass is 455 g/mol. The number of carbonyl (C=O) groups excluding carboxylic acids is 2. The molecule has 1 fully saturated rings. The SMILES string of the molecule is CC[C@H]1CN(C(=O)N2CCC(C(=O)NCc3cccc(Cl)c3)CC2)c2cc(C)ccc2O1. The fourth-order valence-corrected chi connectivity index (χ4v) is 4.55. The summed E-state index contributed by atoms with van der Waals surface area (Å²) in [7, 11) is 0. The molecule has 1 saturated heterocycles. The summed E-state index contributed by atoms with van der Waals surface area (Å²) >= 11 is 6.02. The van der Waals surface area contributed by atoms with Gasteiger partial charge in [0.2, 0.25) is 5.91 Å². The third-order valence-corrected chi connectivity index (χ3v) is 6.50. The lowest BCUT2D eigenvalue weighted by Gasteiger charge is -2.39. The number of nitrogens with zero attached hydrogens (tertiary/aromatic N) is 2. The summed E-state index contributed by atoms with van der Waals surface area (Å²) in [5.41, 5.74) is 2.90. The number of nitrogens with one attached hydrogen (secondary N) is 1. The van der Waals surface area contributed by atoms with Crippen molar-refractivity contribution in [3.8, 4) is 5.75 Å². The van der Waals surface area contributed by atoms with Crippen LogP contribution in [0.2, 0.25) is 5.02 Å². The lowest BCUT2D eigenvalue weighted by Crippen LogP contribution is -2.52. The van der Waals surface area contributed by atoms with Crippen LogP contribution in [0.15, 0.2) is 42.5 Å². The highest BCUT2D eigenvalue weighted by Gasteiger charge is 2.34. The van der Waals surface area contributed by atoms with Crippen molar-refractivity contribution in [2.24, 2.45) is 5.92 Å². The molecule has 7 heteroatoms. The molecule has 4 rings (SSSR count). The van der Waals surface area contributed by atoms with Gasteiger partial charge in [-0.2, -0.15) is 0 Å². The molecule has 0 unspecified atom stereocenters. The Morgan fingerprint density at radius 2 is 1.94 bits per heavy atom. The van der Waals surface area contributed by atoms with Crippen molar-refractivity contribution in [1.82, 2.24) is 10.2 Å². The van der Waals surface area contributed by atoms with Crippen molar-refractivity contribution in [2.75, 3.05) is 24.5 Å². The van der Waals surface area contributed by atoms with Gasteiger partial charge in [-0.1, -0.05) is 36.7 Å². The Kier molecular flexibility index (Phi) is 6.89. The second-order valence-electron chi connectivity index (χ2n) is 8.62. The molecule has 1 atom stereocenters. The van der Waals surface area contributed by atoms with Crippen molar-refractivity contribution in [3.05, 3.63) is 58.6 Å². The number of aryl methyl sites for hydroxylation is 1. The molecule has 0 spiro atoms. The summed E-state index contributed by atoms with van der Waals surface area (Å²) in [5.74, 6) is 0.716. The highest BCUT2D eigenvalue weighted by Crippen LogP contribution is 2.36. The molecule has 0 saturated carbocycles. The van der Waals surface area contributed by atoms with E-state index in [-0.39, 0.29) is 24.0 Å². The molecule has 2 aliphatic rings. The van der Waals surface area contributed by atoms with Crippen LogP contribution >= 0.6 is 11.6 Å². The normalized spacial score (nSPS) is 18.7. The van der Waals surface area contributed by atoms with Crippen LogP contribution in [-0.4, -0.2) is 42.6 Å². The van der Waals surface area contributed by atoms with E-state index in [1.165, 1.54) is 0 Å². The molecule has 2 heterocycles. The molecule has 1 N–H and O–H groups in total. The lowest BCUT2D eigenvalue weighted by molar-refractivity contribution is -0.126. The second-order valence-corrected chi connectivity index (χ2v) is 9.06. The predicted octanol–water partition coefficient (Wildman–Crippen LogP) is 4.77. The number of amides is 3. The fraction of sp³-hybridized carbons (Fsp3) is 0.440. The average molecular weight is 456 g/mol. The van der Waals surface area contributed by atoms with Crippen LogP contribution in [-0.2, 0) is 11.3 Å². The van der Waals surface area contributed by atoms with E-state index < -0.39 is 0 Å². The van der Waals surface area contributed by atoms with Crippen molar-refractivity contribution >= 4 is 29.2 Å². The summed E-state index contributed by atoms with van der Waals surface area (Å²) in [6.45, 7) is 6.24. The van der Waals surface area contributed by atoms with E-state index in [0.717, 1.165) is 29.0 Å². The van der Waals surface area contributed by atoms with Gasteiger partial charge in [-0.25, -0.2) is 4.79 Å². The zero-order valence-electron chi connectivity index (χ0n) is 18.6. The number of piperidine rings is 1. The summed E-state index contributed by atoms with van der Waals surface area (Å²) in [5, 5.41) is 3.67. The maximum atomic E-state index is 13.4. The van der Waals surface area contributed by atoms with Crippen molar-refractivity contribution < 1.29 is 14.3 Å². The number of urea groups is 1. The second kappa shape index (κ2) is 9.82. The van der Waals surface area contributed by atoms with E-state index >= 15 is 0 Å². The van der Waals surface area contributed by atoms with Crippen LogP contribution in [0.4, 0.5) is 10.5 Å². The summed E-state index contributed by atoms with van der Waals surface area (Å²) < 4.78 is 6.05. The third kappa shape index (κ3) is 5.01. The Labute approximate surface area is 194 Å². The molecule has 2 aromatic rings. The zero-order valence-corrected chi connectivity index (χ0v) is 19.4. The maximum Gasteiger partial charge on any atom is 0.324 e. The minimum absolute atomic E-state index is 0.00335. The molecule has 2 aliphatic heterocycles. The number of benzene rings is 2. The van der Waals surface area contributed by atoms with E-state index in [9.17, 15) is 9.59 Å². The molecule has 2 aromatic carbocycles. The van der Waals surface area contributed by atoms with Crippen LogP contribution in [0, 0.1) is 12.8 Å². The van der Waals surface area contributed by atoms with Gasteiger partial charge in [0, 0.05) is 30.6 Å². The Balaban J connectivity index is 1.35. The van der Waals surface area contributed by atoms with E-state index in [0.29, 0.717) is 44.0 Å². The van der Waals surface area contributed by atoms with Gasteiger partial charge in [-0.3, -0.25) is 9.69 Å². The quantitative estimate of drug-likeness (QED) is 0.722. The van der Waals surface area contributed by atoms with Gasteiger partial charge in [0.05, 0.1) is 12.2 Å². The van der Waals surface area contributed by atoms with Gasteiger partial charge in [-0.15, -0.1) is 0 Å². The number of halogens is 1. The molecule has 0 aromatic heterocycles. The minimum atomic E-state index is -0.0826. The third-order valence-electron chi connectivity index (χ3n) is 6.26. The number of hydrogen-bond donors (Lipinski definition) is 1. The number of fused-ring (bicyclic) bond motifs is 1. The van der Waals surface area contributed by atoms with E-state index in [1.54, 1.807) is 0 Å². The van der Waals surface area contributed by atoms with E-state index in [1.807, 2.05) is 59.2 Å². The van der Waals surface area contributed by atoms with Gasteiger partial charge in [0.1, 0.15) is 11.9 Å². The summed E-state index contributed by atoms with van der Waals surface area (Å²) in [6.07, 6.45) is 2.15. The molecule has 3 amide bonds. The number of anilines is 1. The fourth-order valence-electron chi connectivity index (χ4n) is 4.33. The number of rotatable bonds is 4. The summed E-state index contributed by atoms with van der Waals surface area (Å²) in [6, 6.07) is 13.5. The number of likely N-dealkylation sites (tertiary alicyclic amines) is 1. The van der Waals surface area contributed by atoms with Gasteiger partial charge in [0.25, 0.3) is 0 Å². The Morgan fingerprint density at radius 3 is 2.66 bits per heavy atom. The molecule has 0 bridgehead atoms. The largest absolute Gasteiger partial charge is 0.486 e. The van der Waals surface area contributed by atoms with Crippen LogP contribution < -0.4 is 15.0 Å². The first-order valence-corrected chi connectivity index (χ1v) is 11.7. The average Bonchev–Trinajstić information content (AvgIpc) is 2.81. The molecule has 32 heavy (non-hydrogen) atoms. The Morgan fingerprint density at radius 1 is 1.16 bits per heavy atom. The van der Waals surface area contributed by atoms with Crippen molar-refractivity contribution in [3.63, 3.8) is 0 Å². The van der Waals surface area contributed by atoms with E-state index in [4.69, 9.17) is 16.3 Å². The smallest absolute Gasteiger partial charge is 0.324 e. The first-order chi connectivity index (χ1) is 15.4. The topological polar surface area (TPSA) is 61.9 Å². The highest BCUT2D eigenvalue weighted by atomic mass is 35.5. The maximum absolute atomic E-state index is 13.4. The molecule has 170 valence electrons. The lowest BCUT2D eigenvalue weighted by atomic mass is 9.96. The minimum Gasteiger partial charge on any atom is -0.486 e. The number of hydrogen-bond acceptors (Lipinski definition) is 3. The Hall–Kier alpha value is -2.73. The van der Waals surface area contributed by atoms with Gasteiger partial charge in [0.15, 0.2) is 0 Å². The standard InChI is InChI=1S/C25H30ClN3O3/c1-3-21-16-29(22-13-17(2)7-8-23(22)32-21)25(31)28-11-9-19(10-12-28)24(30)27-15-18-5-4-6-20(26)14-18/h4-8,13-14,19,21H,3,9-12,15-16H2,1-2H3,(H,27,30)/t21-/m0/s1. The van der Waals surface area contributed by atoms with Gasteiger partial charge < -0.3 is 15.0 Å². The van der Waals surface area contributed by atoms with Crippen molar-refractivity contribution in [1.29, 1.82) is 0 Å². The van der Waals surface area contributed by atoms with Crippen LogP contribution in [0.1, 0.15) is 37.3 Å². The zero-order chi connectivity index (χ0) is 22.7. The van der Waals surface area contributed by atoms with Gasteiger partial charge >= 0.3 is 6.03 Å². The van der Waals surface area contributed by atoms with E-state index in [2.05, 4.69) is 12.2 Å². The van der Waals surface area contributed by atoms with Crippen LogP contribution in [0.3, 0.4) is 0 Å². The summed E-state index contributed by atoms with van der Waals surface area (Å²) in [4.78, 5) is 29.7. The molecule has 0 aliphatic carbocycles. The predicted molar refractivity (Wildman–Crippen MR) is 126 cm³/mol. The number of carbonyl (C=O) groups is 2. The van der Waals surface area contributed by atoms with Crippen molar-refractivity contribution in [2.45, 2.75) is 45.8 Å².